The molecule has 0 amide bonds. The maximum absolute atomic E-state index is 8.51. The van der Waals surface area contributed by atoms with Crippen LogP contribution >= 0.6 is 0 Å². The van der Waals surface area contributed by atoms with Crippen LogP contribution in [-0.2, 0) is 6.54 Å². The molecule has 11 heavy (non-hydrogen) atoms. The lowest BCUT2D eigenvalue weighted by Crippen LogP contribution is -2.08. The minimum Gasteiger partial charge on any atom is -0.217 e. The third kappa shape index (κ3) is 1.74. The maximum atomic E-state index is 8.51. The highest BCUT2D eigenvalue weighted by Gasteiger charge is 2.04. The summed E-state index contributed by atoms with van der Waals surface area (Å²) in [5.41, 5.74) is 0. The molecule has 1 rings (SSSR count). The Kier molecular flexibility index (Phi) is 2.16. The Labute approximate surface area is 64.6 Å². The van der Waals surface area contributed by atoms with Crippen LogP contribution in [0.3, 0.4) is 0 Å². The molecule has 0 aromatic carbocycles. The average molecular weight is 151 g/mol. The summed E-state index contributed by atoms with van der Waals surface area (Å²) in [6, 6.07) is 1.91. The minimum absolute atomic E-state index is 0.277. The molecule has 1 heterocycles. The fourth-order valence-electron chi connectivity index (χ4n) is 0.754. The molecule has 0 atom stereocenters. The van der Waals surface area contributed by atoms with Gasteiger partial charge in [-0.3, -0.25) is 0 Å². The first-order chi connectivity index (χ1) is 5.24. The highest BCUT2D eigenvalue weighted by atomic mass is 15.5. The van der Waals surface area contributed by atoms with E-state index < -0.39 is 0 Å². The summed E-state index contributed by atoms with van der Waals surface area (Å²) >= 11 is 0. The molecule has 1 aromatic rings. The van der Waals surface area contributed by atoms with Gasteiger partial charge in [-0.25, -0.2) is 4.68 Å². The van der Waals surface area contributed by atoms with Crippen molar-refractivity contribution in [1.29, 1.82) is 5.26 Å². The largest absolute Gasteiger partial charge is 0.253 e. The molecule has 0 aliphatic heterocycles. The van der Waals surface area contributed by atoms with E-state index in [0.29, 0.717) is 12.5 Å². The van der Waals surface area contributed by atoms with E-state index in [-0.39, 0.29) is 5.82 Å². The molecule has 0 saturated heterocycles. The Hall–Kier alpha value is -1.44. The van der Waals surface area contributed by atoms with Crippen LogP contribution in [0, 0.1) is 17.2 Å². The van der Waals surface area contributed by atoms with Crippen LogP contribution in [0.5, 0.6) is 0 Å². The smallest absolute Gasteiger partial charge is 0.217 e. The first-order valence-electron chi connectivity index (χ1n) is 3.40. The third-order valence-corrected chi connectivity index (χ3v) is 1.17. The van der Waals surface area contributed by atoms with Gasteiger partial charge in [0.15, 0.2) is 0 Å². The van der Waals surface area contributed by atoms with Crippen molar-refractivity contribution in [2.75, 3.05) is 0 Å². The van der Waals surface area contributed by atoms with Crippen molar-refractivity contribution in [1.82, 2.24) is 20.2 Å². The van der Waals surface area contributed by atoms with E-state index >= 15 is 0 Å². The molecule has 0 saturated carbocycles. The number of hydrogen-bond donors (Lipinski definition) is 0. The molecule has 5 nitrogen and oxygen atoms in total. The SMILES string of the molecule is CC(C)Cn1nnnc1C#N. The lowest BCUT2D eigenvalue weighted by atomic mass is 10.2. The average Bonchev–Trinajstić information content (AvgIpc) is 2.34. The van der Waals surface area contributed by atoms with Crippen molar-refractivity contribution < 1.29 is 0 Å². The second-order valence-corrected chi connectivity index (χ2v) is 2.69. The van der Waals surface area contributed by atoms with Crippen LogP contribution < -0.4 is 0 Å². The van der Waals surface area contributed by atoms with Gasteiger partial charge in [0.05, 0.1) is 0 Å². The van der Waals surface area contributed by atoms with Crippen molar-refractivity contribution in [3.8, 4) is 6.07 Å². The van der Waals surface area contributed by atoms with Gasteiger partial charge in [-0.05, 0) is 16.3 Å². The van der Waals surface area contributed by atoms with Crippen molar-refractivity contribution in [2.24, 2.45) is 5.92 Å². The van der Waals surface area contributed by atoms with Crippen molar-refractivity contribution in [3.05, 3.63) is 5.82 Å². The predicted octanol–water partition coefficient (Wildman–Crippen LogP) is 0.201. The van der Waals surface area contributed by atoms with Gasteiger partial charge in [-0.15, -0.1) is 0 Å². The van der Waals surface area contributed by atoms with Gasteiger partial charge in [-0.1, -0.05) is 18.9 Å². The minimum atomic E-state index is 0.277. The number of hydrogen-bond acceptors (Lipinski definition) is 4. The van der Waals surface area contributed by atoms with Gasteiger partial charge in [0.1, 0.15) is 6.07 Å². The number of rotatable bonds is 2. The molecule has 0 fully saturated rings. The molecule has 0 bridgehead atoms. The Morgan fingerprint density at radius 1 is 1.64 bits per heavy atom. The van der Waals surface area contributed by atoms with Gasteiger partial charge < -0.3 is 0 Å². The Bertz CT molecular complexity index is 269. The van der Waals surface area contributed by atoms with Crippen molar-refractivity contribution in [3.63, 3.8) is 0 Å². The molecule has 0 unspecified atom stereocenters. The van der Waals surface area contributed by atoms with Crippen LogP contribution in [0.2, 0.25) is 0 Å². The normalized spacial score (nSPS) is 10.0. The predicted molar refractivity (Wildman–Crippen MR) is 37.4 cm³/mol. The van der Waals surface area contributed by atoms with E-state index in [1.807, 2.05) is 19.9 Å². The zero-order valence-corrected chi connectivity index (χ0v) is 6.52. The van der Waals surface area contributed by atoms with E-state index in [2.05, 4.69) is 15.5 Å². The lowest BCUT2D eigenvalue weighted by Gasteiger charge is -2.01. The zero-order valence-electron chi connectivity index (χ0n) is 6.52. The molecule has 58 valence electrons. The van der Waals surface area contributed by atoms with Gasteiger partial charge in [0, 0.05) is 6.54 Å². The summed E-state index contributed by atoms with van der Waals surface area (Å²) in [6.45, 7) is 4.78. The molecule has 5 heteroatoms. The Morgan fingerprint density at radius 2 is 2.36 bits per heavy atom. The van der Waals surface area contributed by atoms with E-state index in [4.69, 9.17) is 5.26 Å². The van der Waals surface area contributed by atoms with E-state index in [1.165, 1.54) is 4.68 Å². The molecular formula is C6H9N5. The van der Waals surface area contributed by atoms with Gasteiger partial charge >= 0.3 is 0 Å². The molecular weight excluding hydrogens is 142 g/mol. The van der Waals surface area contributed by atoms with Crippen LogP contribution in [-0.4, -0.2) is 20.2 Å². The second kappa shape index (κ2) is 3.10. The van der Waals surface area contributed by atoms with Gasteiger partial charge in [0.2, 0.25) is 0 Å². The van der Waals surface area contributed by atoms with E-state index in [1.54, 1.807) is 0 Å². The summed E-state index contributed by atoms with van der Waals surface area (Å²) < 4.78 is 1.50. The summed E-state index contributed by atoms with van der Waals surface area (Å²) in [7, 11) is 0. The number of tetrazole rings is 1. The van der Waals surface area contributed by atoms with Crippen molar-refractivity contribution in [2.45, 2.75) is 20.4 Å². The second-order valence-electron chi connectivity index (χ2n) is 2.69. The Balaban J connectivity index is 2.79. The van der Waals surface area contributed by atoms with E-state index in [0.717, 1.165) is 0 Å². The molecule has 0 aliphatic rings. The van der Waals surface area contributed by atoms with Gasteiger partial charge in [0.25, 0.3) is 5.82 Å². The first kappa shape index (κ1) is 7.66. The number of nitrogens with zero attached hydrogens (tertiary/aromatic N) is 5. The fraction of sp³-hybridized carbons (Fsp3) is 0.667. The fourth-order valence-corrected chi connectivity index (χ4v) is 0.754. The quantitative estimate of drug-likeness (QED) is 0.605. The van der Waals surface area contributed by atoms with Gasteiger partial charge in [-0.2, -0.15) is 5.26 Å². The van der Waals surface area contributed by atoms with Crippen molar-refractivity contribution >= 4 is 0 Å². The summed E-state index contributed by atoms with van der Waals surface area (Å²) in [6.07, 6.45) is 0. The zero-order chi connectivity index (χ0) is 8.27. The summed E-state index contributed by atoms with van der Waals surface area (Å²) in [4.78, 5) is 0. The van der Waals surface area contributed by atoms with Crippen LogP contribution in [0.25, 0.3) is 0 Å². The highest BCUT2D eigenvalue weighted by Crippen LogP contribution is 1.97. The third-order valence-electron chi connectivity index (χ3n) is 1.17. The number of aromatic nitrogens is 4. The molecule has 0 N–H and O–H groups in total. The molecule has 0 radical (unpaired) electrons. The highest BCUT2D eigenvalue weighted by molar-refractivity contribution is 5.05. The lowest BCUT2D eigenvalue weighted by molar-refractivity contribution is 0.468. The first-order valence-corrected chi connectivity index (χ1v) is 3.40. The maximum Gasteiger partial charge on any atom is 0.253 e. The standard InChI is InChI=1S/C6H9N5/c1-5(2)4-11-6(3-7)8-9-10-11/h5H,4H2,1-2H3. The monoisotopic (exact) mass is 151 g/mol. The number of nitriles is 1. The molecule has 0 spiro atoms. The van der Waals surface area contributed by atoms with Crippen LogP contribution in [0.1, 0.15) is 19.7 Å². The molecule has 0 aliphatic carbocycles. The summed E-state index contributed by atoms with van der Waals surface area (Å²) in [5, 5.41) is 19.1. The topological polar surface area (TPSA) is 67.4 Å². The Morgan fingerprint density at radius 3 is 2.91 bits per heavy atom. The molecule has 1 aromatic heterocycles. The van der Waals surface area contributed by atoms with Crippen LogP contribution in [0.15, 0.2) is 0 Å². The van der Waals surface area contributed by atoms with E-state index in [9.17, 15) is 0 Å². The van der Waals surface area contributed by atoms with Crippen LogP contribution in [0.4, 0.5) is 0 Å². The summed E-state index contributed by atoms with van der Waals surface area (Å²) in [5.74, 6) is 0.726.